The van der Waals surface area contributed by atoms with E-state index in [4.69, 9.17) is 4.42 Å². The molecule has 0 fully saturated rings. The van der Waals surface area contributed by atoms with E-state index in [-0.39, 0.29) is 11.9 Å². The molecule has 1 N–H and O–H groups in total. The quantitative estimate of drug-likeness (QED) is 0.843. The Morgan fingerprint density at radius 3 is 3.11 bits per heavy atom. The molecule has 100 valence electrons. The van der Waals surface area contributed by atoms with E-state index in [1.807, 2.05) is 13.0 Å². The summed E-state index contributed by atoms with van der Waals surface area (Å²) in [5, 5.41) is 3.50. The summed E-state index contributed by atoms with van der Waals surface area (Å²) < 4.78 is 19.4. The van der Waals surface area contributed by atoms with Crippen molar-refractivity contribution in [3.05, 3.63) is 51.6 Å². The van der Waals surface area contributed by atoms with Crippen LogP contribution in [0.2, 0.25) is 0 Å². The fraction of sp³-hybridized carbons (Fsp3) is 0.333. The molecule has 0 radical (unpaired) electrons. The average Bonchev–Trinajstić information content (AvgIpc) is 2.85. The van der Waals surface area contributed by atoms with Gasteiger partial charge in [-0.3, -0.25) is 0 Å². The number of furan rings is 1. The molecule has 1 atom stereocenters. The highest BCUT2D eigenvalue weighted by Gasteiger charge is 2.23. The highest BCUT2D eigenvalue weighted by Crippen LogP contribution is 2.35. The van der Waals surface area contributed by atoms with Crippen LogP contribution >= 0.6 is 15.9 Å². The molecule has 3 rings (SSSR count). The molecule has 1 aromatic carbocycles. The first-order chi connectivity index (χ1) is 9.15. The second kappa shape index (κ2) is 5.00. The van der Waals surface area contributed by atoms with Crippen LogP contribution in [0, 0.1) is 12.7 Å². The Morgan fingerprint density at radius 1 is 1.42 bits per heavy atom. The Hall–Kier alpha value is -1.29. The number of anilines is 1. The standard InChI is InChI=1S/C15H15BrFNO/c1-9-7-12(17)11(16)8-14(9)18-13-3-2-4-15-10(13)5-6-19-15/h5-8,13,18H,2-4H2,1H3. The molecule has 1 aromatic heterocycles. The number of fused-ring (bicyclic) bond motifs is 1. The fourth-order valence-electron chi connectivity index (χ4n) is 2.63. The second-order valence-corrected chi connectivity index (χ2v) is 5.82. The van der Waals surface area contributed by atoms with E-state index in [1.165, 1.54) is 5.56 Å². The largest absolute Gasteiger partial charge is 0.469 e. The number of nitrogens with one attached hydrogen (secondary N) is 1. The first-order valence-corrected chi connectivity index (χ1v) is 7.23. The van der Waals surface area contributed by atoms with Gasteiger partial charge in [0.1, 0.15) is 11.6 Å². The van der Waals surface area contributed by atoms with E-state index >= 15 is 0 Å². The van der Waals surface area contributed by atoms with Gasteiger partial charge >= 0.3 is 0 Å². The molecule has 1 heterocycles. The fourth-order valence-corrected chi connectivity index (χ4v) is 2.97. The van der Waals surface area contributed by atoms with Crippen molar-refractivity contribution in [2.24, 2.45) is 0 Å². The van der Waals surface area contributed by atoms with Crippen LogP contribution in [0.15, 0.2) is 33.4 Å². The molecule has 2 nitrogen and oxygen atoms in total. The molecular weight excluding hydrogens is 309 g/mol. The first-order valence-electron chi connectivity index (χ1n) is 6.43. The van der Waals surface area contributed by atoms with E-state index in [9.17, 15) is 4.39 Å². The van der Waals surface area contributed by atoms with Gasteiger partial charge in [0.2, 0.25) is 0 Å². The summed E-state index contributed by atoms with van der Waals surface area (Å²) in [6.07, 6.45) is 4.94. The van der Waals surface area contributed by atoms with E-state index in [0.717, 1.165) is 36.3 Å². The number of halogens is 2. The molecule has 4 heteroatoms. The minimum Gasteiger partial charge on any atom is -0.469 e. The highest BCUT2D eigenvalue weighted by atomic mass is 79.9. The van der Waals surface area contributed by atoms with Crippen LogP contribution in [0.4, 0.5) is 10.1 Å². The van der Waals surface area contributed by atoms with Crippen molar-refractivity contribution in [3.8, 4) is 0 Å². The highest BCUT2D eigenvalue weighted by molar-refractivity contribution is 9.10. The number of hydrogen-bond acceptors (Lipinski definition) is 2. The predicted molar refractivity (Wildman–Crippen MR) is 76.8 cm³/mol. The Morgan fingerprint density at radius 2 is 2.26 bits per heavy atom. The Bertz CT molecular complexity index is 608. The summed E-state index contributed by atoms with van der Waals surface area (Å²) in [7, 11) is 0. The maximum Gasteiger partial charge on any atom is 0.137 e. The summed E-state index contributed by atoms with van der Waals surface area (Å²) in [5.74, 6) is 0.846. The molecule has 19 heavy (non-hydrogen) atoms. The Labute approximate surface area is 120 Å². The molecular formula is C15H15BrFNO. The van der Waals surface area contributed by atoms with Gasteiger partial charge in [-0.1, -0.05) is 0 Å². The van der Waals surface area contributed by atoms with Gasteiger partial charge in [0, 0.05) is 17.7 Å². The van der Waals surface area contributed by atoms with Gasteiger partial charge in [0.15, 0.2) is 0 Å². The van der Waals surface area contributed by atoms with Gasteiger partial charge in [-0.25, -0.2) is 4.39 Å². The molecule has 2 aromatic rings. The normalized spacial score (nSPS) is 18.2. The van der Waals surface area contributed by atoms with E-state index in [1.54, 1.807) is 18.4 Å². The topological polar surface area (TPSA) is 25.2 Å². The van der Waals surface area contributed by atoms with Crippen LogP contribution in [0.1, 0.15) is 35.8 Å². The van der Waals surface area contributed by atoms with Gasteiger partial charge in [-0.05, 0) is 59.5 Å². The maximum absolute atomic E-state index is 13.4. The van der Waals surface area contributed by atoms with E-state index in [2.05, 4.69) is 21.2 Å². The molecule has 1 aliphatic carbocycles. The Kier molecular flexibility index (Phi) is 3.35. The molecule has 1 unspecified atom stereocenters. The molecule has 0 amide bonds. The van der Waals surface area contributed by atoms with Gasteiger partial charge in [-0.2, -0.15) is 0 Å². The van der Waals surface area contributed by atoms with Gasteiger partial charge in [0.25, 0.3) is 0 Å². The lowest BCUT2D eigenvalue weighted by Crippen LogP contribution is -2.16. The molecule has 0 saturated heterocycles. The molecule has 0 bridgehead atoms. The lowest BCUT2D eigenvalue weighted by molar-refractivity contribution is 0.461. The molecule has 1 aliphatic rings. The maximum atomic E-state index is 13.4. The van der Waals surface area contributed by atoms with Gasteiger partial charge < -0.3 is 9.73 Å². The van der Waals surface area contributed by atoms with Crippen LogP contribution in [-0.2, 0) is 6.42 Å². The third kappa shape index (κ3) is 2.41. The summed E-state index contributed by atoms with van der Waals surface area (Å²) in [5.41, 5.74) is 3.11. The zero-order valence-corrected chi connectivity index (χ0v) is 12.3. The predicted octanol–water partition coefficient (Wildman–Crippen LogP) is 4.98. The van der Waals surface area contributed by atoms with Crippen LogP contribution in [0.25, 0.3) is 0 Å². The van der Waals surface area contributed by atoms with Crippen molar-refractivity contribution in [2.75, 3.05) is 5.32 Å². The lowest BCUT2D eigenvalue weighted by Gasteiger charge is -2.24. The third-order valence-electron chi connectivity index (χ3n) is 3.65. The van der Waals surface area contributed by atoms with Crippen molar-refractivity contribution in [1.82, 2.24) is 0 Å². The van der Waals surface area contributed by atoms with Gasteiger partial charge in [-0.15, -0.1) is 0 Å². The van der Waals surface area contributed by atoms with E-state index < -0.39 is 0 Å². The summed E-state index contributed by atoms with van der Waals surface area (Å²) in [4.78, 5) is 0. The van der Waals surface area contributed by atoms with Gasteiger partial charge in [0.05, 0.1) is 16.8 Å². The molecule has 0 spiro atoms. The minimum atomic E-state index is -0.226. The molecule has 0 saturated carbocycles. The lowest BCUT2D eigenvalue weighted by atomic mass is 9.93. The smallest absolute Gasteiger partial charge is 0.137 e. The third-order valence-corrected chi connectivity index (χ3v) is 4.26. The van der Waals surface area contributed by atoms with Crippen molar-refractivity contribution in [1.29, 1.82) is 0 Å². The number of hydrogen-bond donors (Lipinski definition) is 1. The average molecular weight is 324 g/mol. The van der Waals surface area contributed by atoms with Crippen LogP contribution < -0.4 is 5.32 Å². The first kappa shape index (κ1) is 12.7. The number of benzene rings is 1. The molecule has 0 aliphatic heterocycles. The van der Waals surface area contributed by atoms with Crippen molar-refractivity contribution < 1.29 is 8.81 Å². The SMILES string of the molecule is Cc1cc(F)c(Br)cc1NC1CCCc2occc21. The minimum absolute atomic E-state index is 0.226. The van der Waals surface area contributed by atoms with E-state index in [0.29, 0.717) is 4.47 Å². The summed E-state index contributed by atoms with van der Waals surface area (Å²) >= 11 is 3.24. The monoisotopic (exact) mass is 323 g/mol. The van der Waals surface area contributed by atoms with Crippen LogP contribution in [0.3, 0.4) is 0 Å². The van der Waals surface area contributed by atoms with Crippen molar-refractivity contribution in [3.63, 3.8) is 0 Å². The Balaban J connectivity index is 1.89. The summed E-state index contributed by atoms with van der Waals surface area (Å²) in [6.45, 7) is 1.91. The number of aryl methyl sites for hydroxylation is 2. The number of rotatable bonds is 2. The second-order valence-electron chi connectivity index (χ2n) is 4.97. The summed E-state index contributed by atoms with van der Waals surface area (Å²) in [6, 6.07) is 5.63. The van der Waals surface area contributed by atoms with Crippen molar-refractivity contribution >= 4 is 21.6 Å². The zero-order chi connectivity index (χ0) is 13.4. The van der Waals surface area contributed by atoms with Crippen molar-refractivity contribution in [2.45, 2.75) is 32.2 Å². The zero-order valence-electron chi connectivity index (χ0n) is 10.7. The van der Waals surface area contributed by atoms with Crippen LogP contribution in [0.5, 0.6) is 0 Å². The van der Waals surface area contributed by atoms with Crippen LogP contribution in [-0.4, -0.2) is 0 Å².